The Bertz CT molecular complexity index is 1120. The van der Waals surface area contributed by atoms with Gasteiger partial charge < -0.3 is 14.4 Å². The first-order valence-corrected chi connectivity index (χ1v) is 11.7. The summed E-state index contributed by atoms with van der Waals surface area (Å²) < 4.78 is 11.9. The van der Waals surface area contributed by atoms with Crippen LogP contribution in [0.1, 0.15) is 75.1 Å². The van der Waals surface area contributed by atoms with Crippen LogP contribution in [0.25, 0.3) is 11.3 Å². The average molecular weight is 448 g/mol. The molecule has 2 heterocycles. The summed E-state index contributed by atoms with van der Waals surface area (Å²) in [6.45, 7) is 11.5. The Morgan fingerprint density at radius 2 is 1.79 bits per heavy atom. The molecular formula is C27H33N3O3. The lowest BCUT2D eigenvalue weighted by Crippen LogP contribution is -2.44. The van der Waals surface area contributed by atoms with E-state index in [1.807, 2.05) is 60.4 Å². The maximum atomic E-state index is 13.5. The number of hydrogen-bond acceptors (Lipinski definition) is 4. The van der Waals surface area contributed by atoms with Crippen LogP contribution in [0.5, 0.6) is 11.5 Å². The van der Waals surface area contributed by atoms with Crippen molar-refractivity contribution in [1.29, 1.82) is 0 Å². The van der Waals surface area contributed by atoms with E-state index >= 15 is 0 Å². The van der Waals surface area contributed by atoms with Crippen LogP contribution in [0.15, 0.2) is 48.5 Å². The molecule has 0 saturated carbocycles. The minimum Gasteiger partial charge on any atom is -0.490 e. The molecule has 6 heteroatoms. The molecule has 6 nitrogen and oxygen atoms in total. The van der Waals surface area contributed by atoms with E-state index < -0.39 is 5.54 Å². The number of aromatic nitrogens is 2. The first kappa shape index (κ1) is 22.9. The van der Waals surface area contributed by atoms with E-state index in [2.05, 4.69) is 37.9 Å². The average Bonchev–Trinajstić information content (AvgIpc) is 3.34. The van der Waals surface area contributed by atoms with E-state index in [9.17, 15) is 4.79 Å². The molecule has 1 unspecified atom stereocenters. The van der Waals surface area contributed by atoms with Crippen molar-refractivity contribution in [1.82, 2.24) is 15.1 Å². The number of fused-ring (bicyclic) bond motifs is 1. The van der Waals surface area contributed by atoms with E-state index in [1.54, 1.807) is 0 Å². The van der Waals surface area contributed by atoms with Gasteiger partial charge in [-0.1, -0.05) is 49.7 Å². The second-order valence-corrected chi connectivity index (χ2v) is 9.32. The van der Waals surface area contributed by atoms with E-state index in [1.165, 1.54) is 0 Å². The van der Waals surface area contributed by atoms with Crippen LogP contribution in [0.3, 0.4) is 0 Å². The SMILES string of the molecule is CCCCOc1ccc(C2c3c(-c4ccccc4)n[nH]c3C(=O)N2C(C)(C)C)cc1OCC. The Balaban J connectivity index is 1.84. The van der Waals surface area contributed by atoms with Gasteiger partial charge in [-0.2, -0.15) is 5.10 Å². The fraction of sp³-hybridized carbons (Fsp3) is 0.407. The monoisotopic (exact) mass is 447 g/mol. The number of nitrogens with one attached hydrogen (secondary N) is 1. The molecule has 0 saturated heterocycles. The lowest BCUT2D eigenvalue weighted by atomic mass is 9.93. The van der Waals surface area contributed by atoms with Gasteiger partial charge in [-0.3, -0.25) is 9.89 Å². The summed E-state index contributed by atoms with van der Waals surface area (Å²) in [4.78, 5) is 15.5. The normalized spacial score (nSPS) is 15.6. The molecule has 0 radical (unpaired) electrons. The number of H-pyrrole nitrogens is 1. The van der Waals surface area contributed by atoms with E-state index in [4.69, 9.17) is 9.47 Å². The van der Waals surface area contributed by atoms with Crippen molar-refractivity contribution in [2.75, 3.05) is 13.2 Å². The number of carbonyl (C=O) groups is 1. The first-order chi connectivity index (χ1) is 15.9. The highest BCUT2D eigenvalue weighted by Crippen LogP contribution is 2.47. The summed E-state index contributed by atoms with van der Waals surface area (Å²) in [6, 6.07) is 15.7. The fourth-order valence-corrected chi connectivity index (χ4v) is 4.38. The number of aromatic amines is 1. The Kier molecular flexibility index (Phi) is 6.45. The molecule has 1 aliphatic heterocycles. The summed E-state index contributed by atoms with van der Waals surface area (Å²) >= 11 is 0. The molecule has 0 bridgehead atoms. The Labute approximate surface area is 195 Å². The first-order valence-electron chi connectivity index (χ1n) is 11.7. The molecule has 33 heavy (non-hydrogen) atoms. The minimum atomic E-state index is -0.391. The van der Waals surface area contributed by atoms with Gasteiger partial charge in [0.1, 0.15) is 5.69 Å². The number of benzene rings is 2. The van der Waals surface area contributed by atoms with Gasteiger partial charge in [0.05, 0.1) is 24.9 Å². The minimum absolute atomic E-state index is 0.0431. The van der Waals surface area contributed by atoms with Crippen molar-refractivity contribution in [2.24, 2.45) is 0 Å². The standard InChI is InChI=1S/C27H33N3O3/c1-6-8-16-33-20-15-14-19(17-21(20)32-7-2)25-22-23(18-12-10-9-11-13-18)28-29-24(22)26(31)30(25)27(3,4)5/h9-15,17,25H,6-8,16H2,1-5H3,(H,28,29). The third kappa shape index (κ3) is 4.34. The molecule has 1 aliphatic rings. The number of hydrogen-bond donors (Lipinski definition) is 1. The Hall–Kier alpha value is -3.28. The molecule has 1 N–H and O–H groups in total. The van der Waals surface area contributed by atoms with Crippen molar-refractivity contribution in [2.45, 2.75) is 59.0 Å². The molecule has 1 atom stereocenters. The van der Waals surface area contributed by atoms with Gasteiger partial charge in [-0.15, -0.1) is 0 Å². The molecular weight excluding hydrogens is 414 g/mol. The van der Waals surface area contributed by atoms with Crippen LogP contribution in [0, 0.1) is 0 Å². The van der Waals surface area contributed by atoms with Gasteiger partial charge in [0.15, 0.2) is 11.5 Å². The van der Waals surface area contributed by atoms with Crippen molar-refractivity contribution in [3.05, 3.63) is 65.4 Å². The van der Waals surface area contributed by atoms with Crippen LogP contribution >= 0.6 is 0 Å². The van der Waals surface area contributed by atoms with E-state index in [-0.39, 0.29) is 11.9 Å². The quantitative estimate of drug-likeness (QED) is 0.430. The van der Waals surface area contributed by atoms with Crippen molar-refractivity contribution in [3.63, 3.8) is 0 Å². The topological polar surface area (TPSA) is 67.5 Å². The van der Waals surface area contributed by atoms with Crippen LogP contribution in [0.4, 0.5) is 0 Å². The van der Waals surface area contributed by atoms with Gasteiger partial charge in [0.25, 0.3) is 5.91 Å². The second-order valence-electron chi connectivity index (χ2n) is 9.32. The molecule has 1 aromatic heterocycles. The zero-order chi connectivity index (χ0) is 23.6. The zero-order valence-corrected chi connectivity index (χ0v) is 20.1. The fourth-order valence-electron chi connectivity index (χ4n) is 4.38. The van der Waals surface area contributed by atoms with Crippen LogP contribution in [0.2, 0.25) is 0 Å². The predicted molar refractivity (Wildman–Crippen MR) is 130 cm³/mol. The highest BCUT2D eigenvalue weighted by atomic mass is 16.5. The van der Waals surface area contributed by atoms with Crippen LogP contribution in [-0.4, -0.2) is 39.8 Å². The van der Waals surface area contributed by atoms with Gasteiger partial charge in [-0.05, 0) is 51.8 Å². The number of unbranched alkanes of at least 4 members (excludes halogenated alkanes) is 1. The molecule has 174 valence electrons. The summed E-state index contributed by atoms with van der Waals surface area (Å²) in [5, 5.41) is 7.57. The van der Waals surface area contributed by atoms with Crippen molar-refractivity contribution >= 4 is 5.91 Å². The van der Waals surface area contributed by atoms with Crippen LogP contribution < -0.4 is 9.47 Å². The Morgan fingerprint density at radius 1 is 1.03 bits per heavy atom. The Morgan fingerprint density at radius 3 is 2.45 bits per heavy atom. The van der Waals surface area contributed by atoms with E-state index in [0.29, 0.717) is 24.7 Å². The van der Waals surface area contributed by atoms with Gasteiger partial charge in [0.2, 0.25) is 0 Å². The third-order valence-electron chi connectivity index (χ3n) is 5.88. The molecule has 4 rings (SSSR count). The highest BCUT2D eigenvalue weighted by molar-refractivity contribution is 6.00. The number of carbonyl (C=O) groups excluding carboxylic acids is 1. The summed E-state index contributed by atoms with van der Waals surface area (Å²) in [7, 11) is 0. The second kappa shape index (κ2) is 9.30. The maximum absolute atomic E-state index is 13.5. The van der Waals surface area contributed by atoms with Crippen molar-refractivity contribution < 1.29 is 14.3 Å². The van der Waals surface area contributed by atoms with Crippen LogP contribution in [-0.2, 0) is 0 Å². The number of ether oxygens (including phenoxy) is 2. The summed E-state index contributed by atoms with van der Waals surface area (Å²) in [5.41, 5.74) is 3.82. The molecule has 0 aliphatic carbocycles. The lowest BCUT2D eigenvalue weighted by molar-refractivity contribution is 0.0545. The zero-order valence-electron chi connectivity index (χ0n) is 20.1. The van der Waals surface area contributed by atoms with Gasteiger partial charge >= 0.3 is 0 Å². The van der Waals surface area contributed by atoms with Gasteiger partial charge in [-0.25, -0.2) is 0 Å². The van der Waals surface area contributed by atoms with Crippen molar-refractivity contribution in [3.8, 4) is 22.8 Å². The third-order valence-corrected chi connectivity index (χ3v) is 5.88. The van der Waals surface area contributed by atoms with Gasteiger partial charge in [0, 0.05) is 16.7 Å². The summed E-state index contributed by atoms with van der Waals surface area (Å²) in [5.74, 6) is 1.39. The lowest BCUT2D eigenvalue weighted by Gasteiger charge is -2.38. The number of nitrogens with zero attached hydrogens (tertiary/aromatic N) is 2. The highest BCUT2D eigenvalue weighted by Gasteiger charge is 2.46. The number of rotatable bonds is 8. The molecule has 0 fully saturated rings. The molecule has 2 aromatic carbocycles. The van der Waals surface area contributed by atoms with E-state index in [0.717, 1.165) is 41.0 Å². The molecule has 0 spiro atoms. The number of amides is 1. The molecule has 3 aromatic rings. The largest absolute Gasteiger partial charge is 0.490 e. The predicted octanol–water partition coefficient (Wildman–Crippen LogP) is 6.00. The molecule has 1 amide bonds. The smallest absolute Gasteiger partial charge is 0.273 e. The summed E-state index contributed by atoms with van der Waals surface area (Å²) in [6.07, 6.45) is 2.05. The maximum Gasteiger partial charge on any atom is 0.273 e.